The molecule has 0 spiro atoms. The van der Waals surface area contributed by atoms with Crippen LogP contribution < -0.4 is 5.32 Å². The Labute approximate surface area is 86.6 Å². The average molecular weight is 209 g/mol. The molecule has 0 radical (unpaired) electrons. The van der Waals surface area contributed by atoms with Crippen molar-refractivity contribution in [3.05, 3.63) is 16.1 Å². The van der Waals surface area contributed by atoms with E-state index < -0.39 is 5.92 Å². The number of rotatable bonds is 3. The Morgan fingerprint density at radius 2 is 2.57 bits per heavy atom. The fourth-order valence-electron chi connectivity index (χ4n) is 0.858. The Morgan fingerprint density at radius 3 is 3.07 bits per heavy atom. The number of carbonyl (C=O) groups is 1. The topological polar surface area (TPSA) is 65.8 Å². The second-order valence-electron chi connectivity index (χ2n) is 2.95. The van der Waals surface area contributed by atoms with Crippen molar-refractivity contribution in [2.24, 2.45) is 5.92 Å². The normalized spacial score (nSPS) is 11.8. The summed E-state index contributed by atoms with van der Waals surface area (Å²) in [5.74, 6) is -0.851. The van der Waals surface area contributed by atoms with Crippen LogP contribution in [0.2, 0.25) is 0 Å². The van der Waals surface area contributed by atoms with Gasteiger partial charge in [0.05, 0.1) is 12.6 Å². The minimum atomic E-state index is -0.601. The van der Waals surface area contributed by atoms with Crippen molar-refractivity contribution in [2.45, 2.75) is 20.4 Å². The third-order valence-corrected chi connectivity index (χ3v) is 2.63. The first kappa shape index (κ1) is 10.7. The lowest BCUT2D eigenvalue weighted by atomic mass is 10.2. The number of hydrogen-bond donors (Lipinski definition) is 1. The summed E-state index contributed by atoms with van der Waals surface area (Å²) < 4.78 is 0. The van der Waals surface area contributed by atoms with Crippen LogP contribution >= 0.6 is 11.3 Å². The van der Waals surface area contributed by atoms with Gasteiger partial charge in [-0.15, -0.1) is 11.3 Å². The van der Waals surface area contributed by atoms with E-state index in [1.165, 1.54) is 11.3 Å². The summed E-state index contributed by atoms with van der Waals surface area (Å²) in [4.78, 5) is 15.4. The van der Waals surface area contributed by atoms with Crippen molar-refractivity contribution < 1.29 is 4.79 Å². The van der Waals surface area contributed by atoms with E-state index >= 15 is 0 Å². The summed E-state index contributed by atoms with van der Waals surface area (Å²) in [6.07, 6.45) is 0. The van der Waals surface area contributed by atoms with E-state index in [0.717, 1.165) is 10.7 Å². The molecule has 1 unspecified atom stereocenters. The highest BCUT2D eigenvalue weighted by atomic mass is 32.1. The Hall–Kier alpha value is -1.41. The molecule has 5 heteroatoms. The van der Waals surface area contributed by atoms with Crippen LogP contribution in [0.3, 0.4) is 0 Å². The SMILES string of the molecule is Cc1csc(CNC(=O)C(C)C#N)n1. The predicted octanol–water partition coefficient (Wildman–Crippen LogP) is 1.23. The van der Waals surface area contributed by atoms with E-state index in [1.54, 1.807) is 6.92 Å². The van der Waals surface area contributed by atoms with Crippen LogP contribution in [-0.4, -0.2) is 10.9 Å². The van der Waals surface area contributed by atoms with Gasteiger partial charge >= 0.3 is 0 Å². The Kier molecular flexibility index (Phi) is 3.60. The van der Waals surface area contributed by atoms with Gasteiger partial charge in [-0.05, 0) is 13.8 Å². The lowest BCUT2D eigenvalue weighted by molar-refractivity contribution is -0.123. The van der Waals surface area contributed by atoms with Crippen LogP contribution in [0.25, 0.3) is 0 Å². The maximum atomic E-state index is 11.2. The van der Waals surface area contributed by atoms with Gasteiger partial charge in [0.15, 0.2) is 0 Å². The number of aromatic nitrogens is 1. The monoisotopic (exact) mass is 209 g/mol. The van der Waals surface area contributed by atoms with E-state index in [0.29, 0.717) is 6.54 Å². The fourth-order valence-corrected chi connectivity index (χ4v) is 1.57. The zero-order valence-electron chi connectivity index (χ0n) is 8.07. The molecule has 1 aromatic heterocycles. The van der Waals surface area contributed by atoms with Gasteiger partial charge in [-0.25, -0.2) is 4.98 Å². The van der Waals surface area contributed by atoms with Gasteiger partial charge < -0.3 is 5.32 Å². The summed E-state index contributed by atoms with van der Waals surface area (Å²) in [5.41, 5.74) is 0.951. The van der Waals surface area contributed by atoms with Crippen molar-refractivity contribution >= 4 is 17.2 Å². The molecule has 1 heterocycles. The smallest absolute Gasteiger partial charge is 0.237 e. The second kappa shape index (κ2) is 4.72. The van der Waals surface area contributed by atoms with Gasteiger partial charge in [-0.1, -0.05) is 0 Å². The lowest BCUT2D eigenvalue weighted by Gasteiger charge is -2.02. The average Bonchev–Trinajstić information content (AvgIpc) is 2.59. The third-order valence-electron chi connectivity index (χ3n) is 1.67. The van der Waals surface area contributed by atoms with Crippen LogP contribution in [0.4, 0.5) is 0 Å². The second-order valence-corrected chi connectivity index (χ2v) is 3.89. The minimum absolute atomic E-state index is 0.250. The first-order valence-corrected chi connectivity index (χ1v) is 5.09. The highest BCUT2D eigenvalue weighted by Crippen LogP contribution is 2.08. The van der Waals surface area contributed by atoms with Gasteiger partial charge in [-0.3, -0.25) is 4.79 Å². The number of amides is 1. The minimum Gasteiger partial charge on any atom is -0.348 e. The molecule has 0 aromatic carbocycles. The molecule has 0 fully saturated rings. The Bertz CT molecular complexity index is 366. The molecule has 1 N–H and O–H groups in total. The molecule has 0 aliphatic heterocycles. The van der Waals surface area contributed by atoms with Crippen molar-refractivity contribution in [3.63, 3.8) is 0 Å². The number of nitrogens with zero attached hydrogens (tertiary/aromatic N) is 2. The van der Waals surface area contributed by atoms with Crippen LogP contribution in [0.5, 0.6) is 0 Å². The molecule has 0 saturated heterocycles. The van der Waals surface area contributed by atoms with E-state index in [-0.39, 0.29) is 5.91 Å². The highest BCUT2D eigenvalue weighted by molar-refractivity contribution is 7.09. The molecule has 1 aromatic rings. The van der Waals surface area contributed by atoms with Gasteiger partial charge in [0.2, 0.25) is 5.91 Å². The van der Waals surface area contributed by atoms with Crippen LogP contribution in [0.1, 0.15) is 17.6 Å². The summed E-state index contributed by atoms with van der Waals surface area (Å²) in [6.45, 7) is 3.88. The van der Waals surface area contributed by atoms with Crippen LogP contribution in [0.15, 0.2) is 5.38 Å². The van der Waals surface area contributed by atoms with Crippen molar-refractivity contribution in [2.75, 3.05) is 0 Å². The largest absolute Gasteiger partial charge is 0.348 e. The van der Waals surface area contributed by atoms with Gasteiger partial charge in [0.1, 0.15) is 10.9 Å². The van der Waals surface area contributed by atoms with Crippen LogP contribution in [-0.2, 0) is 11.3 Å². The Balaban J connectivity index is 2.42. The molecule has 1 amide bonds. The molecule has 0 bridgehead atoms. The number of nitriles is 1. The lowest BCUT2D eigenvalue weighted by Crippen LogP contribution is -2.27. The van der Waals surface area contributed by atoms with Crippen LogP contribution in [0, 0.1) is 24.2 Å². The maximum absolute atomic E-state index is 11.2. The molecule has 0 aliphatic rings. The van der Waals surface area contributed by atoms with Gasteiger partial charge in [-0.2, -0.15) is 5.26 Å². The first-order valence-electron chi connectivity index (χ1n) is 4.22. The fraction of sp³-hybridized carbons (Fsp3) is 0.444. The highest BCUT2D eigenvalue weighted by Gasteiger charge is 2.11. The molecular formula is C9H11N3OS. The number of hydrogen-bond acceptors (Lipinski definition) is 4. The molecule has 1 atom stereocenters. The summed E-state index contributed by atoms with van der Waals surface area (Å²) in [5, 5.41) is 13.9. The summed E-state index contributed by atoms with van der Waals surface area (Å²) >= 11 is 1.50. The zero-order valence-corrected chi connectivity index (χ0v) is 8.89. The number of aryl methyl sites for hydroxylation is 1. The van der Waals surface area contributed by atoms with E-state index in [1.807, 2.05) is 18.4 Å². The number of carbonyl (C=O) groups excluding carboxylic acids is 1. The van der Waals surface area contributed by atoms with Gasteiger partial charge in [0.25, 0.3) is 0 Å². The number of nitrogens with one attached hydrogen (secondary N) is 1. The molecule has 0 aliphatic carbocycles. The number of thiazole rings is 1. The summed E-state index contributed by atoms with van der Waals surface area (Å²) in [7, 11) is 0. The Morgan fingerprint density at radius 1 is 1.86 bits per heavy atom. The van der Waals surface area contributed by atoms with Crippen molar-refractivity contribution in [3.8, 4) is 6.07 Å². The first-order chi connectivity index (χ1) is 6.63. The zero-order chi connectivity index (χ0) is 10.6. The molecule has 0 saturated carbocycles. The van der Waals surface area contributed by atoms with E-state index in [4.69, 9.17) is 5.26 Å². The van der Waals surface area contributed by atoms with E-state index in [9.17, 15) is 4.79 Å². The molecule has 1 rings (SSSR count). The van der Waals surface area contributed by atoms with Gasteiger partial charge in [0, 0.05) is 11.1 Å². The van der Waals surface area contributed by atoms with Crippen molar-refractivity contribution in [1.29, 1.82) is 5.26 Å². The molecule has 4 nitrogen and oxygen atoms in total. The maximum Gasteiger partial charge on any atom is 0.237 e. The van der Waals surface area contributed by atoms with E-state index in [2.05, 4.69) is 10.3 Å². The van der Waals surface area contributed by atoms with Crippen molar-refractivity contribution in [1.82, 2.24) is 10.3 Å². The molecule has 14 heavy (non-hydrogen) atoms. The third kappa shape index (κ3) is 2.82. The molecule has 74 valence electrons. The summed E-state index contributed by atoms with van der Waals surface area (Å²) in [6, 6.07) is 1.88. The predicted molar refractivity (Wildman–Crippen MR) is 53.5 cm³/mol. The standard InChI is InChI=1S/C9H11N3OS/c1-6(3-10)9(13)11-4-8-12-7(2)5-14-8/h5-6H,4H2,1-2H3,(H,11,13). The molecular weight excluding hydrogens is 198 g/mol. The quantitative estimate of drug-likeness (QED) is 0.814.